The molecule has 0 aliphatic heterocycles. The van der Waals surface area contributed by atoms with E-state index in [4.69, 9.17) is 18.9 Å². The van der Waals surface area contributed by atoms with E-state index < -0.39 is 0 Å². The van der Waals surface area contributed by atoms with Crippen molar-refractivity contribution in [1.29, 1.82) is 0 Å². The number of carbonyl (C=O) groups is 1. The highest BCUT2D eigenvalue weighted by atomic mass is 16.5. The van der Waals surface area contributed by atoms with Gasteiger partial charge in [-0.2, -0.15) is 0 Å². The Hall–Kier alpha value is -2.89. The molecule has 0 heterocycles. The monoisotopic (exact) mass is 345 g/mol. The predicted octanol–water partition coefficient (Wildman–Crippen LogP) is 2.99. The van der Waals surface area contributed by atoms with E-state index in [-0.39, 0.29) is 5.91 Å². The molecule has 1 amide bonds. The van der Waals surface area contributed by atoms with Crippen LogP contribution in [0.4, 0.5) is 0 Å². The summed E-state index contributed by atoms with van der Waals surface area (Å²) >= 11 is 0. The normalized spacial score (nSPS) is 10.1. The van der Waals surface area contributed by atoms with E-state index >= 15 is 0 Å². The van der Waals surface area contributed by atoms with Gasteiger partial charge in [0.25, 0.3) is 5.91 Å². The topological polar surface area (TPSA) is 57.2 Å². The van der Waals surface area contributed by atoms with E-state index in [0.29, 0.717) is 35.1 Å². The van der Waals surface area contributed by atoms with Gasteiger partial charge in [-0.3, -0.25) is 4.79 Å². The molecule has 0 saturated heterocycles. The summed E-state index contributed by atoms with van der Waals surface area (Å²) in [5.41, 5.74) is 1.47. The fraction of sp³-hybridized carbons (Fsp3) is 0.316. The summed E-state index contributed by atoms with van der Waals surface area (Å²) in [7, 11) is 8.02. The van der Waals surface area contributed by atoms with Crippen LogP contribution in [-0.2, 0) is 6.54 Å². The van der Waals surface area contributed by atoms with Crippen LogP contribution in [0.1, 0.15) is 15.9 Å². The lowest BCUT2D eigenvalue weighted by Crippen LogP contribution is -2.26. The molecule has 0 aromatic heterocycles. The minimum atomic E-state index is -0.115. The van der Waals surface area contributed by atoms with E-state index in [1.807, 2.05) is 18.2 Å². The van der Waals surface area contributed by atoms with Gasteiger partial charge in [-0.1, -0.05) is 6.07 Å². The molecule has 0 radical (unpaired) electrons. The molecule has 0 aliphatic carbocycles. The van der Waals surface area contributed by atoms with Crippen LogP contribution in [0, 0.1) is 0 Å². The zero-order valence-electron chi connectivity index (χ0n) is 15.2. The van der Waals surface area contributed by atoms with Crippen LogP contribution in [0.3, 0.4) is 0 Å². The third-order valence-corrected chi connectivity index (χ3v) is 3.84. The molecule has 0 fully saturated rings. The summed E-state index contributed by atoms with van der Waals surface area (Å²) in [6, 6.07) is 10.7. The average Bonchev–Trinajstić information content (AvgIpc) is 2.66. The molecule has 6 nitrogen and oxygen atoms in total. The summed E-state index contributed by atoms with van der Waals surface area (Å²) < 4.78 is 21.0. The maximum absolute atomic E-state index is 12.7. The van der Waals surface area contributed by atoms with Crippen LogP contribution < -0.4 is 18.9 Å². The molecule has 2 aromatic rings. The number of carbonyl (C=O) groups excluding carboxylic acids is 1. The fourth-order valence-electron chi connectivity index (χ4n) is 2.51. The SMILES string of the molecule is COc1ccc(CN(C)C(=O)c2ccc(OC)c(OC)c2)cc1OC. The van der Waals surface area contributed by atoms with Gasteiger partial charge in [0.1, 0.15) is 0 Å². The summed E-state index contributed by atoms with van der Waals surface area (Å²) in [4.78, 5) is 14.3. The maximum Gasteiger partial charge on any atom is 0.254 e. The lowest BCUT2D eigenvalue weighted by molar-refractivity contribution is 0.0784. The van der Waals surface area contributed by atoms with Crippen molar-refractivity contribution in [2.45, 2.75) is 6.54 Å². The van der Waals surface area contributed by atoms with Crippen molar-refractivity contribution >= 4 is 5.91 Å². The average molecular weight is 345 g/mol. The van der Waals surface area contributed by atoms with Crippen molar-refractivity contribution < 1.29 is 23.7 Å². The van der Waals surface area contributed by atoms with Crippen molar-refractivity contribution in [2.75, 3.05) is 35.5 Å². The molecule has 0 bridgehead atoms. The third kappa shape index (κ3) is 4.15. The van der Waals surface area contributed by atoms with E-state index in [1.54, 1.807) is 58.6 Å². The highest BCUT2D eigenvalue weighted by molar-refractivity contribution is 5.94. The zero-order valence-corrected chi connectivity index (χ0v) is 15.2. The van der Waals surface area contributed by atoms with Gasteiger partial charge in [0.05, 0.1) is 28.4 Å². The maximum atomic E-state index is 12.7. The van der Waals surface area contributed by atoms with E-state index in [0.717, 1.165) is 5.56 Å². The molecule has 2 rings (SSSR count). The van der Waals surface area contributed by atoms with Gasteiger partial charge < -0.3 is 23.8 Å². The number of rotatable bonds is 7. The van der Waals surface area contributed by atoms with Crippen molar-refractivity contribution in [1.82, 2.24) is 4.90 Å². The Morgan fingerprint density at radius 3 is 1.88 bits per heavy atom. The van der Waals surface area contributed by atoms with Gasteiger partial charge in [-0.05, 0) is 35.9 Å². The van der Waals surface area contributed by atoms with E-state index in [2.05, 4.69) is 0 Å². The van der Waals surface area contributed by atoms with E-state index in [1.165, 1.54) is 0 Å². The molecule has 134 valence electrons. The van der Waals surface area contributed by atoms with E-state index in [9.17, 15) is 4.79 Å². The molecule has 0 aliphatic rings. The van der Waals surface area contributed by atoms with Crippen molar-refractivity contribution in [3.8, 4) is 23.0 Å². The van der Waals surface area contributed by atoms with Crippen molar-refractivity contribution in [3.05, 3.63) is 47.5 Å². The number of ether oxygens (including phenoxy) is 4. The van der Waals surface area contributed by atoms with Crippen LogP contribution in [0.25, 0.3) is 0 Å². The second kappa shape index (κ2) is 8.28. The second-order valence-corrected chi connectivity index (χ2v) is 5.42. The van der Waals surface area contributed by atoms with Gasteiger partial charge in [0.15, 0.2) is 23.0 Å². The standard InChI is InChI=1S/C19H23NO5/c1-20(12-13-6-8-15(22-2)17(10-13)24-4)19(21)14-7-9-16(23-3)18(11-14)25-5/h6-11H,12H2,1-5H3. The quantitative estimate of drug-likeness (QED) is 0.772. The Morgan fingerprint density at radius 2 is 1.32 bits per heavy atom. The predicted molar refractivity (Wildman–Crippen MR) is 94.9 cm³/mol. The highest BCUT2D eigenvalue weighted by Gasteiger charge is 2.16. The lowest BCUT2D eigenvalue weighted by Gasteiger charge is -2.19. The molecule has 0 saturated carbocycles. The number of nitrogens with zero attached hydrogens (tertiary/aromatic N) is 1. The largest absolute Gasteiger partial charge is 0.493 e. The number of methoxy groups -OCH3 is 4. The molecule has 0 atom stereocenters. The molecule has 6 heteroatoms. The minimum Gasteiger partial charge on any atom is -0.493 e. The molecule has 2 aromatic carbocycles. The number of hydrogen-bond acceptors (Lipinski definition) is 5. The van der Waals surface area contributed by atoms with Crippen LogP contribution >= 0.6 is 0 Å². The van der Waals surface area contributed by atoms with Gasteiger partial charge >= 0.3 is 0 Å². The summed E-state index contributed by atoms with van der Waals surface area (Å²) in [5, 5.41) is 0. The van der Waals surface area contributed by atoms with Crippen LogP contribution in [0.2, 0.25) is 0 Å². The Balaban J connectivity index is 2.18. The van der Waals surface area contributed by atoms with Gasteiger partial charge in [-0.25, -0.2) is 0 Å². The summed E-state index contributed by atoms with van der Waals surface area (Å²) in [5.74, 6) is 2.28. The highest BCUT2D eigenvalue weighted by Crippen LogP contribution is 2.29. The molecule has 0 spiro atoms. The first-order valence-corrected chi connectivity index (χ1v) is 7.72. The third-order valence-electron chi connectivity index (χ3n) is 3.84. The number of amides is 1. The van der Waals surface area contributed by atoms with Crippen molar-refractivity contribution in [3.63, 3.8) is 0 Å². The molecule has 0 N–H and O–H groups in total. The van der Waals surface area contributed by atoms with Crippen LogP contribution in [0.5, 0.6) is 23.0 Å². The smallest absolute Gasteiger partial charge is 0.254 e. The second-order valence-electron chi connectivity index (χ2n) is 5.42. The van der Waals surface area contributed by atoms with Gasteiger partial charge in [0, 0.05) is 19.2 Å². The van der Waals surface area contributed by atoms with Gasteiger partial charge in [0.2, 0.25) is 0 Å². The van der Waals surface area contributed by atoms with Crippen LogP contribution in [-0.4, -0.2) is 46.3 Å². The zero-order chi connectivity index (χ0) is 18.4. The first-order valence-electron chi connectivity index (χ1n) is 7.72. The Kier molecular flexibility index (Phi) is 6.11. The lowest BCUT2D eigenvalue weighted by atomic mass is 10.1. The van der Waals surface area contributed by atoms with Crippen molar-refractivity contribution in [2.24, 2.45) is 0 Å². The minimum absolute atomic E-state index is 0.115. The summed E-state index contributed by atoms with van der Waals surface area (Å²) in [6.45, 7) is 0.438. The fourth-order valence-corrected chi connectivity index (χ4v) is 2.51. The molecular formula is C19H23NO5. The first kappa shape index (κ1) is 18.4. The van der Waals surface area contributed by atoms with Gasteiger partial charge in [-0.15, -0.1) is 0 Å². The Bertz CT molecular complexity index is 745. The molecular weight excluding hydrogens is 322 g/mol. The number of benzene rings is 2. The first-order chi connectivity index (χ1) is 12.0. The van der Waals surface area contributed by atoms with Crippen LogP contribution in [0.15, 0.2) is 36.4 Å². The Labute approximate surface area is 147 Å². The molecule has 0 unspecified atom stereocenters. The summed E-state index contributed by atoms with van der Waals surface area (Å²) in [6.07, 6.45) is 0. The Morgan fingerprint density at radius 1 is 0.800 bits per heavy atom. The number of hydrogen-bond donors (Lipinski definition) is 0. The molecule has 25 heavy (non-hydrogen) atoms.